The van der Waals surface area contributed by atoms with Crippen LogP contribution in [-0.4, -0.2) is 70.3 Å². The van der Waals surface area contributed by atoms with Gasteiger partial charge in [0.25, 0.3) is 0 Å². The van der Waals surface area contributed by atoms with Gasteiger partial charge in [0.15, 0.2) is 0 Å². The van der Waals surface area contributed by atoms with E-state index in [9.17, 15) is 43.9 Å². The first-order chi connectivity index (χ1) is 38.5. The van der Waals surface area contributed by atoms with E-state index in [4.69, 9.17) is 28.4 Å². The van der Waals surface area contributed by atoms with Gasteiger partial charge in [-0.2, -0.15) is 0 Å². The molecule has 8 aromatic carbocycles. The second kappa shape index (κ2) is 26.2. The Morgan fingerprint density at radius 2 is 0.487 bits per heavy atom. The minimum absolute atomic E-state index is 0.0285. The number of aromatic hydroxyl groups is 2. The van der Waals surface area contributed by atoms with Gasteiger partial charge in [-0.15, -0.1) is 0 Å². The molecule has 2 N–H and O–H groups in total. The number of hydrogen-bond acceptors (Lipinski definition) is 16. The van der Waals surface area contributed by atoms with Crippen molar-refractivity contribution in [2.45, 2.75) is 52.0 Å². The Balaban J connectivity index is 0.697. The molecule has 0 bridgehead atoms. The molecule has 8 aromatic rings. The van der Waals surface area contributed by atoms with Crippen LogP contribution in [0, 0.1) is 0 Å². The minimum atomic E-state index is -3.84. The van der Waals surface area contributed by atoms with Crippen LogP contribution in [0.25, 0.3) is 0 Å². The molecular weight excluding hydrogens is 1100 g/mol. The van der Waals surface area contributed by atoms with Gasteiger partial charge in [0, 0.05) is 12.8 Å². The van der Waals surface area contributed by atoms with E-state index in [2.05, 4.69) is 0 Å². The van der Waals surface area contributed by atoms with Gasteiger partial charge in [0.05, 0.1) is 64.9 Å². The lowest BCUT2D eigenvalue weighted by atomic mass is 10.3. The summed E-state index contributed by atoms with van der Waals surface area (Å²) in [5.41, 5.74) is 0. The van der Waals surface area contributed by atoms with Gasteiger partial charge in [0.2, 0.25) is 39.3 Å². The molecule has 0 radical (unpaired) electrons. The highest BCUT2D eigenvalue weighted by molar-refractivity contribution is 7.92. The summed E-state index contributed by atoms with van der Waals surface area (Å²) >= 11 is 0. The zero-order valence-electron chi connectivity index (χ0n) is 42.4. The van der Waals surface area contributed by atoms with E-state index in [0.29, 0.717) is 60.6 Å². The summed E-state index contributed by atoms with van der Waals surface area (Å²) in [6, 6.07) is 46.7. The van der Waals surface area contributed by atoms with Crippen molar-refractivity contribution < 1.29 is 72.3 Å². The van der Waals surface area contributed by atoms with Gasteiger partial charge >= 0.3 is 0 Å². The Kier molecular flexibility index (Phi) is 18.8. The lowest BCUT2D eigenvalue weighted by Gasteiger charge is -2.08. The van der Waals surface area contributed by atoms with Gasteiger partial charge in [-0.1, -0.05) is 0 Å². The van der Waals surface area contributed by atoms with E-state index in [1.165, 1.54) is 134 Å². The number of phenols is 2. The molecule has 0 fully saturated rings. The number of phenolic OH excluding ortho intramolecular Hbond substituents is 2. The van der Waals surface area contributed by atoms with Gasteiger partial charge in [0.1, 0.15) is 59.2 Å². The summed E-state index contributed by atoms with van der Waals surface area (Å²) in [7, 11) is -15.2. The maximum Gasteiger partial charge on any atom is 0.206 e. The van der Waals surface area contributed by atoms with Crippen LogP contribution in [0.3, 0.4) is 0 Å². The molecule has 0 aliphatic heterocycles. The highest BCUT2D eigenvalue weighted by Gasteiger charge is 2.21. The van der Waals surface area contributed by atoms with E-state index >= 15 is 0 Å². The Morgan fingerprint density at radius 3 is 0.738 bits per heavy atom. The second-order valence-electron chi connectivity index (χ2n) is 17.2. The fraction of sp³-hybridized carbons (Fsp3) is 0.100. The van der Waals surface area contributed by atoms with E-state index < -0.39 is 39.3 Å². The average molecular weight is 1160 g/mol. The molecule has 80 heavy (non-hydrogen) atoms. The van der Waals surface area contributed by atoms with Crippen molar-refractivity contribution in [1.82, 2.24) is 0 Å². The topological polar surface area (TPSA) is 232 Å². The Bertz CT molecular complexity index is 3630. The van der Waals surface area contributed by atoms with Crippen molar-refractivity contribution in [1.29, 1.82) is 0 Å². The molecule has 20 heteroatoms. The number of hydrogen-bond donors (Lipinski definition) is 2. The summed E-state index contributed by atoms with van der Waals surface area (Å²) in [5.74, 6) is 2.66. The number of rotatable bonds is 26. The lowest BCUT2D eigenvalue weighted by molar-refractivity contribution is 0.323. The zero-order chi connectivity index (χ0) is 56.6. The normalized spacial score (nSPS) is 12.2. The van der Waals surface area contributed by atoms with E-state index in [1.807, 2.05) is 0 Å². The molecule has 0 aliphatic carbocycles. The number of benzene rings is 8. The molecule has 0 spiro atoms. The van der Waals surface area contributed by atoms with Crippen LogP contribution in [0.4, 0.5) is 0 Å². The summed E-state index contributed by atoms with van der Waals surface area (Å²) in [6.45, 7) is 0.935. The van der Waals surface area contributed by atoms with Crippen LogP contribution in [0.2, 0.25) is 0 Å². The first-order valence-electron chi connectivity index (χ1n) is 24.5. The predicted molar refractivity (Wildman–Crippen MR) is 297 cm³/mol. The van der Waals surface area contributed by atoms with Crippen molar-refractivity contribution in [3.8, 4) is 46.0 Å². The van der Waals surface area contributed by atoms with Gasteiger partial charge < -0.3 is 38.6 Å². The van der Waals surface area contributed by atoms with Crippen LogP contribution in [-0.2, 0) is 39.3 Å². The molecule has 0 heterocycles. The fourth-order valence-corrected chi connectivity index (χ4v) is 12.4. The number of ether oxygens (including phenoxy) is 6. The smallest absolute Gasteiger partial charge is 0.206 e. The van der Waals surface area contributed by atoms with Crippen LogP contribution in [0.5, 0.6) is 46.0 Å². The average Bonchev–Trinajstić information content (AvgIpc) is 3.47. The van der Waals surface area contributed by atoms with Crippen molar-refractivity contribution in [3.63, 3.8) is 0 Å². The maximum absolute atomic E-state index is 13.3. The van der Waals surface area contributed by atoms with Crippen molar-refractivity contribution >= 4 is 39.3 Å². The molecule has 0 atom stereocenters. The largest absolute Gasteiger partial charge is 0.508 e. The molecule has 0 aliphatic rings. The lowest BCUT2D eigenvalue weighted by Crippen LogP contribution is -2.03. The van der Waals surface area contributed by atoms with E-state index in [0.717, 1.165) is 0 Å². The number of sulfone groups is 4. The third-order valence-corrected chi connectivity index (χ3v) is 18.8. The SMILES string of the molecule is O=S(=O)(c1ccc(OC=CCCOc2ccc(S(=O)(=O)c3ccc(O)cc3)cc2)cc1)c1ccc(OCC=CCOc2ccc(S(=O)(=O)c3ccc(OC=CCCOc4ccc(S(=O)(=O)c5ccc(O)cc5)cc4)cc3)cc2)cc1. The molecule has 0 saturated heterocycles. The van der Waals surface area contributed by atoms with Crippen LogP contribution >= 0.6 is 0 Å². The Hall–Kier alpha value is -8.82. The highest BCUT2D eigenvalue weighted by atomic mass is 32.2. The summed E-state index contributed by atoms with van der Waals surface area (Å²) in [6.07, 6.45) is 10.8. The van der Waals surface area contributed by atoms with Crippen molar-refractivity contribution in [3.05, 3.63) is 231 Å². The van der Waals surface area contributed by atoms with Crippen LogP contribution in [0.1, 0.15) is 12.8 Å². The van der Waals surface area contributed by atoms with Crippen LogP contribution < -0.4 is 28.4 Å². The van der Waals surface area contributed by atoms with Gasteiger partial charge in [-0.25, -0.2) is 33.7 Å². The third-order valence-electron chi connectivity index (χ3n) is 11.7. The molecule has 412 valence electrons. The Labute approximate surface area is 464 Å². The summed E-state index contributed by atoms with van der Waals surface area (Å²) < 4.78 is 139. The minimum Gasteiger partial charge on any atom is -0.508 e. The third kappa shape index (κ3) is 15.0. The van der Waals surface area contributed by atoms with Crippen molar-refractivity contribution in [2.75, 3.05) is 26.4 Å². The molecule has 16 nitrogen and oxygen atoms in total. The zero-order valence-corrected chi connectivity index (χ0v) is 45.7. The summed E-state index contributed by atoms with van der Waals surface area (Å²) in [5, 5.41) is 18.9. The first-order valence-corrected chi connectivity index (χ1v) is 30.4. The standard InChI is InChI=1S/C60H52O16S4/c61-45-7-23-53(24-8-45)77(63,64)55-27-11-47(12-28-55)71-39-1-3-41-73-49-15-31-57(32-16-49)79(67,68)59-35-19-51(20-36-59)75-43-5-6-44-76-52-21-37-60(38-22-52)80(69,70)58-33-17-50(18-34-58)74-42-4-2-40-72-48-13-29-56(30-14-48)78(65,66)54-25-9-46(62)10-26-54/h3-38,41-42,61-62H,1-2,39-40,43-44H2. The van der Waals surface area contributed by atoms with Gasteiger partial charge in [-0.05, 0) is 218 Å². The quantitative estimate of drug-likeness (QED) is 0.0291. The molecule has 0 saturated carbocycles. The van der Waals surface area contributed by atoms with Gasteiger partial charge in [-0.3, -0.25) is 0 Å². The first kappa shape index (κ1) is 57.4. The second-order valence-corrected chi connectivity index (χ2v) is 25.0. The maximum atomic E-state index is 13.3. The monoisotopic (exact) mass is 1160 g/mol. The fourth-order valence-electron chi connectivity index (χ4n) is 7.35. The molecule has 0 unspecified atom stereocenters. The van der Waals surface area contributed by atoms with E-state index in [1.54, 1.807) is 97.1 Å². The predicted octanol–water partition coefficient (Wildman–Crippen LogP) is 11.2. The molecular formula is C60H52O16S4. The molecule has 8 rings (SSSR count). The molecule has 0 aromatic heterocycles. The Morgan fingerprint density at radius 1 is 0.275 bits per heavy atom. The molecule has 0 amide bonds. The van der Waals surface area contributed by atoms with Crippen molar-refractivity contribution in [2.24, 2.45) is 0 Å². The summed E-state index contributed by atoms with van der Waals surface area (Å²) in [4.78, 5) is 0.643. The van der Waals surface area contributed by atoms with E-state index in [-0.39, 0.29) is 63.9 Å². The van der Waals surface area contributed by atoms with Crippen LogP contribution in [0.15, 0.2) is 270 Å². The highest BCUT2D eigenvalue weighted by Crippen LogP contribution is 2.29.